The highest BCUT2D eigenvalue weighted by molar-refractivity contribution is 7.07. The summed E-state index contributed by atoms with van der Waals surface area (Å²) in [5, 5.41) is 5.49. The molecule has 1 aliphatic carbocycles. The Labute approximate surface area is 70.7 Å². The van der Waals surface area contributed by atoms with Crippen LogP contribution in [0.25, 0.3) is 0 Å². The molecule has 0 saturated heterocycles. The van der Waals surface area contributed by atoms with Gasteiger partial charge in [0.05, 0.1) is 11.2 Å². The lowest BCUT2D eigenvalue weighted by Gasteiger charge is -2.10. The van der Waals surface area contributed by atoms with Crippen LogP contribution in [0.1, 0.15) is 18.5 Å². The van der Waals surface area contributed by atoms with Gasteiger partial charge in [-0.25, -0.2) is 4.98 Å². The van der Waals surface area contributed by atoms with Crippen molar-refractivity contribution in [2.24, 2.45) is 0 Å². The van der Waals surface area contributed by atoms with Crippen molar-refractivity contribution >= 4 is 11.3 Å². The predicted molar refractivity (Wildman–Crippen MR) is 46.8 cm³/mol. The lowest BCUT2D eigenvalue weighted by atomic mass is 10.1. The average molecular weight is 168 g/mol. The molecule has 0 aliphatic heterocycles. The van der Waals surface area contributed by atoms with E-state index >= 15 is 0 Å². The fraction of sp³-hybridized carbons (Fsp3) is 0.625. The molecule has 1 aromatic rings. The normalized spacial score (nSPS) is 20.1. The molecular formula is C8H12N2S. The van der Waals surface area contributed by atoms with Crippen molar-refractivity contribution in [3.8, 4) is 0 Å². The largest absolute Gasteiger partial charge is 0.314 e. The number of hydrogen-bond acceptors (Lipinski definition) is 3. The molecule has 11 heavy (non-hydrogen) atoms. The number of hydrogen-bond donors (Lipinski definition) is 1. The minimum Gasteiger partial charge on any atom is -0.314 e. The van der Waals surface area contributed by atoms with Crippen molar-refractivity contribution in [2.75, 3.05) is 7.05 Å². The zero-order valence-corrected chi connectivity index (χ0v) is 7.45. The molecule has 0 bridgehead atoms. The van der Waals surface area contributed by atoms with Crippen molar-refractivity contribution < 1.29 is 0 Å². The van der Waals surface area contributed by atoms with E-state index in [1.807, 2.05) is 12.6 Å². The highest BCUT2D eigenvalue weighted by Crippen LogP contribution is 2.37. The van der Waals surface area contributed by atoms with Gasteiger partial charge in [0.2, 0.25) is 0 Å². The molecule has 3 heteroatoms. The van der Waals surface area contributed by atoms with Gasteiger partial charge < -0.3 is 5.32 Å². The molecule has 1 N–H and O–H groups in total. The number of aromatic nitrogens is 1. The summed E-state index contributed by atoms with van der Waals surface area (Å²) in [4.78, 5) is 4.27. The molecule has 1 fully saturated rings. The Morgan fingerprint density at radius 1 is 1.73 bits per heavy atom. The van der Waals surface area contributed by atoms with E-state index in [0.29, 0.717) is 5.54 Å². The standard InChI is InChI=1S/C8H12N2S/c1-9-8(2-3-8)4-7-5-11-6-10-7/h5-6,9H,2-4H2,1H3. The number of likely N-dealkylation sites (N-methyl/N-ethyl adjacent to an activating group) is 1. The van der Waals surface area contributed by atoms with E-state index in [1.165, 1.54) is 18.5 Å². The van der Waals surface area contributed by atoms with Gasteiger partial charge in [0.25, 0.3) is 0 Å². The molecule has 60 valence electrons. The summed E-state index contributed by atoms with van der Waals surface area (Å²) in [6, 6.07) is 0. The van der Waals surface area contributed by atoms with Gasteiger partial charge in [-0.05, 0) is 19.9 Å². The second-order valence-corrected chi connectivity index (χ2v) is 3.91. The van der Waals surface area contributed by atoms with E-state index < -0.39 is 0 Å². The molecule has 2 rings (SSSR count). The second-order valence-electron chi connectivity index (χ2n) is 3.19. The second kappa shape index (κ2) is 2.57. The molecule has 0 spiro atoms. The van der Waals surface area contributed by atoms with Crippen LogP contribution < -0.4 is 5.32 Å². The zero-order valence-electron chi connectivity index (χ0n) is 6.63. The third kappa shape index (κ3) is 1.44. The van der Waals surface area contributed by atoms with Crippen molar-refractivity contribution in [1.29, 1.82) is 0 Å². The summed E-state index contributed by atoms with van der Waals surface area (Å²) in [6.45, 7) is 0. The minimum atomic E-state index is 0.411. The molecule has 0 radical (unpaired) electrons. The maximum atomic E-state index is 4.27. The van der Waals surface area contributed by atoms with Crippen molar-refractivity contribution in [3.63, 3.8) is 0 Å². The van der Waals surface area contributed by atoms with Gasteiger partial charge in [0, 0.05) is 17.3 Å². The lowest BCUT2D eigenvalue weighted by Crippen LogP contribution is -2.29. The van der Waals surface area contributed by atoms with E-state index in [-0.39, 0.29) is 0 Å². The minimum absolute atomic E-state index is 0.411. The molecular weight excluding hydrogens is 156 g/mol. The third-order valence-corrected chi connectivity index (χ3v) is 3.02. The van der Waals surface area contributed by atoms with Crippen LogP contribution in [0.2, 0.25) is 0 Å². The maximum absolute atomic E-state index is 4.27. The monoisotopic (exact) mass is 168 g/mol. The van der Waals surface area contributed by atoms with Crippen LogP contribution in [-0.4, -0.2) is 17.6 Å². The molecule has 0 atom stereocenters. The summed E-state index contributed by atoms with van der Waals surface area (Å²) in [6.07, 6.45) is 3.72. The van der Waals surface area contributed by atoms with Crippen molar-refractivity contribution in [3.05, 3.63) is 16.6 Å². The quantitative estimate of drug-likeness (QED) is 0.738. The Kier molecular flexibility index (Phi) is 1.69. The first-order chi connectivity index (χ1) is 5.35. The number of nitrogens with zero attached hydrogens (tertiary/aromatic N) is 1. The van der Waals surface area contributed by atoms with Gasteiger partial charge in [-0.15, -0.1) is 11.3 Å². The Bertz CT molecular complexity index is 226. The predicted octanol–water partition coefficient (Wildman–Crippen LogP) is 1.44. The van der Waals surface area contributed by atoms with Crippen LogP contribution in [-0.2, 0) is 6.42 Å². The van der Waals surface area contributed by atoms with E-state index in [2.05, 4.69) is 15.7 Å². The first-order valence-electron chi connectivity index (χ1n) is 3.91. The summed E-state index contributed by atoms with van der Waals surface area (Å²) in [7, 11) is 2.04. The Morgan fingerprint density at radius 2 is 2.55 bits per heavy atom. The van der Waals surface area contributed by atoms with Gasteiger partial charge in [-0.1, -0.05) is 0 Å². The SMILES string of the molecule is CNC1(Cc2cscn2)CC1. The summed E-state index contributed by atoms with van der Waals surface area (Å²) in [5.74, 6) is 0. The maximum Gasteiger partial charge on any atom is 0.0794 e. The van der Waals surface area contributed by atoms with Gasteiger partial charge in [-0.2, -0.15) is 0 Å². The van der Waals surface area contributed by atoms with E-state index in [4.69, 9.17) is 0 Å². The number of thiazole rings is 1. The van der Waals surface area contributed by atoms with E-state index in [1.54, 1.807) is 11.3 Å². The van der Waals surface area contributed by atoms with Crippen molar-refractivity contribution in [1.82, 2.24) is 10.3 Å². The molecule has 2 nitrogen and oxygen atoms in total. The molecule has 0 aromatic carbocycles. The molecule has 1 heterocycles. The Hall–Kier alpha value is -0.410. The van der Waals surface area contributed by atoms with Gasteiger partial charge in [0.1, 0.15) is 0 Å². The first kappa shape index (κ1) is 7.25. The third-order valence-electron chi connectivity index (χ3n) is 2.39. The van der Waals surface area contributed by atoms with Crippen LogP contribution in [0.5, 0.6) is 0 Å². The number of rotatable bonds is 3. The molecule has 1 aromatic heterocycles. The van der Waals surface area contributed by atoms with Crippen LogP contribution in [0.15, 0.2) is 10.9 Å². The smallest absolute Gasteiger partial charge is 0.0794 e. The number of nitrogens with one attached hydrogen (secondary N) is 1. The fourth-order valence-corrected chi connectivity index (χ4v) is 1.90. The van der Waals surface area contributed by atoms with Crippen LogP contribution in [0, 0.1) is 0 Å². The molecule has 0 amide bonds. The van der Waals surface area contributed by atoms with E-state index in [0.717, 1.165) is 6.42 Å². The van der Waals surface area contributed by atoms with Crippen molar-refractivity contribution in [2.45, 2.75) is 24.8 Å². The summed E-state index contributed by atoms with van der Waals surface area (Å²) < 4.78 is 0. The molecule has 1 saturated carbocycles. The van der Waals surface area contributed by atoms with Gasteiger partial charge in [-0.3, -0.25) is 0 Å². The van der Waals surface area contributed by atoms with Gasteiger partial charge in [0.15, 0.2) is 0 Å². The first-order valence-corrected chi connectivity index (χ1v) is 4.85. The van der Waals surface area contributed by atoms with Crippen LogP contribution >= 0.6 is 11.3 Å². The van der Waals surface area contributed by atoms with Crippen LogP contribution in [0.4, 0.5) is 0 Å². The molecule has 1 aliphatic rings. The Morgan fingerprint density at radius 3 is 3.00 bits per heavy atom. The fourth-order valence-electron chi connectivity index (χ4n) is 1.34. The molecule has 0 unspecified atom stereocenters. The highest BCUT2D eigenvalue weighted by atomic mass is 32.1. The lowest BCUT2D eigenvalue weighted by molar-refractivity contribution is 0.543. The topological polar surface area (TPSA) is 24.9 Å². The summed E-state index contributed by atoms with van der Waals surface area (Å²) >= 11 is 1.68. The zero-order chi connectivity index (χ0) is 7.73. The Balaban J connectivity index is 2.01. The average Bonchev–Trinajstić information content (AvgIpc) is 2.59. The summed E-state index contributed by atoms with van der Waals surface area (Å²) in [5.41, 5.74) is 3.55. The van der Waals surface area contributed by atoms with E-state index in [9.17, 15) is 0 Å². The van der Waals surface area contributed by atoms with Crippen LogP contribution in [0.3, 0.4) is 0 Å². The van der Waals surface area contributed by atoms with Gasteiger partial charge >= 0.3 is 0 Å². The highest BCUT2D eigenvalue weighted by Gasteiger charge is 2.41.